The molecule has 2 heterocycles. The number of hydrogen-bond donors (Lipinski definition) is 2. The average Bonchev–Trinajstić information content (AvgIpc) is 2.95. The summed E-state index contributed by atoms with van der Waals surface area (Å²) in [4.78, 5) is 15.0. The molecule has 23 heavy (non-hydrogen) atoms. The van der Waals surface area contributed by atoms with Gasteiger partial charge >= 0.3 is 0 Å². The molecule has 0 saturated carbocycles. The highest BCUT2D eigenvalue weighted by atomic mass is 35.5. The highest BCUT2D eigenvalue weighted by Crippen LogP contribution is 2.25. The van der Waals surface area contributed by atoms with Gasteiger partial charge in [0.05, 0.1) is 6.04 Å². The van der Waals surface area contributed by atoms with Crippen molar-refractivity contribution >= 4 is 34.8 Å². The van der Waals surface area contributed by atoms with Crippen molar-refractivity contribution in [2.45, 2.75) is 31.7 Å². The Hall–Kier alpha value is -0.810. The predicted molar refractivity (Wildman–Crippen MR) is 95.3 cm³/mol. The van der Waals surface area contributed by atoms with Gasteiger partial charge in [0.15, 0.2) is 0 Å². The van der Waals surface area contributed by atoms with Crippen LogP contribution >= 0.6 is 23.2 Å². The predicted octanol–water partition coefficient (Wildman–Crippen LogP) is 3.40. The summed E-state index contributed by atoms with van der Waals surface area (Å²) in [6.07, 6.45) is 4.41. The Balaban J connectivity index is 1.60. The zero-order valence-electron chi connectivity index (χ0n) is 13.2. The maximum atomic E-state index is 12.6. The van der Waals surface area contributed by atoms with Crippen molar-refractivity contribution in [2.24, 2.45) is 5.92 Å². The van der Waals surface area contributed by atoms with E-state index in [0.717, 1.165) is 39.0 Å². The van der Waals surface area contributed by atoms with Crippen molar-refractivity contribution in [3.63, 3.8) is 0 Å². The van der Waals surface area contributed by atoms with Crippen molar-refractivity contribution in [1.29, 1.82) is 0 Å². The van der Waals surface area contributed by atoms with Crippen LogP contribution in [0.3, 0.4) is 0 Å². The van der Waals surface area contributed by atoms with Crippen LogP contribution in [0.1, 0.15) is 25.7 Å². The lowest BCUT2D eigenvalue weighted by Crippen LogP contribution is -2.43. The van der Waals surface area contributed by atoms with Crippen LogP contribution < -0.4 is 10.6 Å². The smallest absolute Gasteiger partial charge is 0.241 e. The molecule has 2 N–H and O–H groups in total. The van der Waals surface area contributed by atoms with E-state index in [9.17, 15) is 4.79 Å². The van der Waals surface area contributed by atoms with Crippen molar-refractivity contribution < 1.29 is 4.79 Å². The molecule has 0 radical (unpaired) electrons. The van der Waals surface area contributed by atoms with Crippen LogP contribution in [0.15, 0.2) is 18.2 Å². The summed E-state index contributed by atoms with van der Waals surface area (Å²) in [5.41, 5.74) is 0.668. The quantitative estimate of drug-likeness (QED) is 0.869. The van der Waals surface area contributed by atoms with E-state index in [2.05, 4.69) is 15.5 Å². The van der Waals surface area contributed by atoms with Gasteiger partial charge in [0, 0.05) is 22.3 Å². The van der Waals surface area contributed by atoms with Gasteiger partial charge in [-0.05, 0) is 69.4 Å². The molecule has 1 amide bonds. The largest absolute Gasteiger partial charge is 0.325 e. The van der Waals surface area contributed by atoms with Gasteiger partial charge < -0.3 is 10.6 Å². The number of carbonyl (C=O) groups is 1. The van der Waals surface area contributed by atoms with E-state index < -0.39 is 0 Å². The van der Waals surface area contributed by atoms with Crippen molar-refractivity contribution in [1.82, 2.24) is 10.2 Å². The highest BCUT2D eigenvalue weighted by molar-refractivity contribution is 6.35. The molecule has 2 fully saturated rings. The molecule has 6 heteroatoms. The van der Waals surface area contributed by atoms with Crippen LogP contribution in [0, 0.1) is 5.92 Å². The molecule has 3 rings (SSSR count). The fourth-order valence-electron chi connectivity index (χ4n) is 3.59. The third kappa shape index (κ3) is 4.60. The molecule has 0 aliphatic carbocycles. The second-order valence-electron chi connectivity index (χ2n) is 6.49. The summed E-state index contributed by atoms with van der Waals surface area (Å²) in [5, 5.41) is 7.43. The number of rotatable bonds is 4. The standard InChI is InChI=1S/C17H23Cl2N3O/c18-13-8-14(19)10-15(9-13)21-17(23)16-2-1-7-22(16)11-12-3-5-20-6-4-12/h8-10,12,16,20H,1-7,11H2,(H,21,23). The molecule has 2 aliphatic heterocycles. The third-order valence-electron chi connectivity index (χ3n) is 4.75. The summed E-state index contributed by atoms with van der Waals surface area (Å²) >= 11 is 12.0. The molecule has 1 atom stereocenters. The Bertz CT molecular complexity index is 541. The first-order valence-corrected chi connectivity index (χ1v) is 9.09. The maximum absolute atomic E-state index is 12.6. The minimum atomic E-state index is -0.0392. The number of benzene rings is 1. The van der Waals surface area contributed by atoms with Gasteiger partial charge in [0.25, 0.3) is 0 Å². The van der Waals surface area contributed by atoms with Crippen molar-refractivity contribution in [3.05, 3.63) is 28.2 Å². The van der Waals surface area contributed by atoms with Crippen LogP contribution in [0.4, 0.5) is 5.69 Å². The topological polar surface area (TPSA) is 44.4 Å². The molecule has 1 aromatic rings. The van der Waals surface area contributed by atoms with E-state index >= 15 is 0 Å². The number of amides is 1. The fourth-order valence-corrected chi connectivity index (χ4v) is 4.12. The van der Waals surface area contributed by atoms with Gasteiger partial charge in [0.2, 0.25) is 5.91 Å². The third-order valence-corrected chi connectivity index (χ3v) is 5.18. The fraction of sp³-hybridized carbons (Fsp3) is 0.588. The van der Waals surface area contributed by atoms with E-state index in [0.29, 0.717) is 21.7 Å². The Morgan fingerprint density at radius 3 is 2.57 bits per heavy atom. The minimum absolute atomic E-state index is 0.0392. The van der Waals surface area contributed by atoms with E-state index in [4.69, 9.17) is 23.2 Å². The first kappa shape index (κ1) is 17.0. The monoisotopic (exact) mass is 355 g/mol. The lowest BCUT2D eigenvalue weighted by atomic mass is 9.97. The zero-order chi connectivity index (χ0) is 16.2. The first-order chi connectivity index (χ1) is 11.1. The molecule has 2 saturated heterocycles. The Labute approximate surface area is 147 Å². The van der Waals surface area contributed by atoms with Crippen molar-refractivity contribution in [3.8, 4) is 0 Å². The number of nitrogens with zero attached hydrogens (tertiary/aromatic N) is 1. The molecule has 0 aromatic heterocycles. The number of likely N-dealkylation sites (tertiary alicyclic amines) is 1. The van der Waals surface area contributed by atoms with Gasteiger partial charge in [-0.25, -0.2) is 0 Å². The van der Waals surface area contributed by atoms with Gasteiger partial charge in [0.1, 0.15) is 0 Å². The molecule has 126 valence electrons. The van der Waals surface area contributed by atoms with Crippen molar-refractivity contribution in [2.75, 3.05) is 31.5 Å². The number of halogens is 2. The number of hydrogen-bond acceptors (Lipinski definition) is 3. The molecule has 1 unspecified atom stereocenters. The SMILES string of the molecule is O=C(Nc1cc(Cl)cc(Cl)c1)C1CCCN1CC1CCNCC1. The molecular formula is C17H23Cl2N3O. The molecule has 1 aromatic carbocycles. The van der Waals surface area contributed by atoms with Crippen LogP contribution in [0.5, 0.6) is 0 Å². The summed E-state index contributed by atoms with van der Waals surface area (Å²) in [5.74, 6) is 0.750. The normalized spacial score (nSPS) is 23.1. The minimum Gasteiger partial charge on any atom is -0.325 e. The number of anilines is 1. The average molecular weight is 356 g/mol. The Morgan fingerprint density at radius 2 is 1.87 bits per heavy atom. The lowest BCUT2D eigenvalue weighted by molar-refractivity contribution is -0.120. The second-order valence-corrected chi connectivity index (χ2v) is 7.37. The number of piperidine rings is 1. The molecule has 0 bridgehead atoms. The van der Waals surface area contributed by atoms with E-state index in [1.54, 1.807) is 18.2 Å². The van der Waals surface area contributed by atoms with Crippen LogP contribution in [-0.2, 0) is 4.79 Å². The molecule has 0 spiro atoms. The maximum Gasteiger partial charge on any atom is 0.241 e. The summed E-state index contributed by atoms with van der Waals surface area (Å²) < 4.78 is 0. The van der Waals surface area contributed by atoms with Crippen LogP contribution in [0.2, 0.25) is 10.0 Å². The van der Waals surface area contributed by atoms with E-state index in [1.165, 1.54) is 12.8 Å². The van der Waals surface area contributed by atoms with E-state index in [1.807, 2.05) is 0 Å². The number of carbonyl (C=O) groups excluding carboxylic acids is 1. The molecule has 4 nitrogen and oxygen atoms in total. The zero-order valence-corrected chi connectivity index (χ0v) is 14.7. The second kappa shape index (κ2) is 7.84. The molecule has 2 aliphatic rings. The van der Waals surface area contributed by atoms with Crippen LogP contribution in [0.25, 0.3) is 0 Å². The first-order valence-electron chi connectivity index (χ1n) is 8.33. The van der Waals surface area contributed by atoms with Gasteiger partial charge in [-0.15, -0.1) is 0 Å². The Kier molecular flexibility index (Phi) is 5.81. The number of nitrogens with one attached hydrogen (secondary N) is 2. The Morgan fingerprint density at radius 1 is 1.17 bits per heavy atom. The van der Waals surface area contributed by atoms with Gasteiger partial charge in [-0.2, -0.15) is 0 Å². The summed E-state index contributed by atoms with van der Waals surface area (Å²) in [7, 11) is 0. The van der Waals surface area contributed by atoms with Gasteiger partial charge in [-0.1, -0.05) is 23.2 Å². The molecular weight excluding hydrogens is 333 g/mol. The summed E-state index contributed by atoms with van der Waals surface area (Å²) in [6, 6.07) is 5.09. The van der Waals surface area contributed by atoms with E-state index in [-0.39, 0.29) is 11.9 Å². The lowest BCUT2D eigenvalue weighted by Gasteiger charge is -2.30. The van der Waals surface area contributed by atoms with Gasteiger partial charge in [-0.3, -0.25) is 9.69 Å². The van der Waals surface area contributed by atoms with Crippen LogP contribution in [-0.4, -0.2) is 43.0 Å². The highest BCUT2D eigenvalue weighted by Gasteiger charge is 2.32. The summed E-state index contributed by atoms with van der Waals surface area (Å²) in [6.45, 7) is 4.22.